The Morgan fingerprint density at radius 2 is 1.67 bits per heavy atom. The monoisotopic (exact) mass is 304 g/mol. The average molecular weight is 304 g/mol. The van der Waals surface area contributed by atoms with E-state index in [4.69, 9.17) is 18.0 Å². The Hall–Kier alpha value is -1.42. The number of nitrogens with zero attached hydrogens (tertiary/aromatic N) is 1. The van der Waals surface area contributed by atoms with Gasteiger partial charge in [-0.1, -0.05) is 50.3 Å². The first-order chi connectivity index (χ1) is 10.0. The van der Waals surface area contributed by atoms with E-state index >= 15 is 0 Å². The molecule has 1 aromatic rings. The fourth-order valence-electron chi connectivity index (χ4n) is 3.18. The first kappa shape index (κ1) is 16.0. The zero-order chi connectivity index (χ0) is 15.5. The van der Waals surface area contributed by atoms with Gasteiger partial charge in [-0.25, -0.2) is 0 Å². The van der Waals surface area contributed by atoms with Gasteiger partial charge in [0.25, 0.3) is 0 Å². The van der Waals surface area contributed by atoms with Crippen LogP contribution in [0.2, 0.25) is 0 Å². The normalized spacial score (nSPS) is 15.2. The molecule has 114 valence electrons. The Balaban J connectivity index is 2.20. The molecule has 1 amide bonds. The summed E-state index contributed by atoms with van der Waals surface area (Å²) in [6.07, 6.45) is 3.15. The van der Waals surface area contributed by atoms with E-state index in [1.165, 1.54) is 11.1 Å². The number of amides is 1. The molecule has 1 heterocycles. The van der Waals surface area contributed by atoms with E-state index in [9.17, 15) is 4.79 Å². The second-order valence-corrected chi connectivity index (χ2v) is 6.15. The molecule has 2 N–H and O–H groups in total. The lowest BCUT2D eigenvalue weighted by atomic mass is 9.80. The lowest BCUT2D eigenvalue weighted by Gasteiger charge is -2.34. The van der Waals surface area contributed by atoms with Gasteiger partial charge >= 0.3 is 0 Å². The average Bonchev–Trinajstić information content (AvgIpc) is 2.71. The highest BCUT2D eigenvalue weighted by molar-refractivity contribution is 7.80. The molecule has 1 aliphatic heterocycles. The van der Waals surface area contributed by atoms with Gasteiger partial charge in [-0.15, -0.1) is 0 Å². The van der Waals surface area contributed by atoms with E-state index in [-0.39, 0.29) is 5.91 Å². The van der Waals surface area contributed by atoms with Gasteiger partial charge in [0.15, 0.2) is 0 Å². The van der Waals surface area contributed by atoms with Crippen molar-refractivity contribution in [2.75, 3.05) is 13.1 Å². The van der Waals surface area contributed by atoms with Crippen molar-refractivity contribution >= 4 is 23.1 Å². The van der Waals surface area contributed by atoms with Crippen molar-refractivity contribution in [3.8, 4) is 0 Å². The van der Waals surface area contributed by atoms with E-state index < -0.39 is 5.41 Å². The summed E-state index contributed by atoms with van der Waals surface area (Å²) >= 11 is 5.21. The van der Waals surface area contributed by atoms with Crippen molar-refractivity contribution in [2.45, 2.75) is 39.5 Å². The first-order valence-electron chi connectivity index (χ1n) is 7.71. The molecule has 1 aromatic carbocycles. The summed E-state index contributed by atoms with van der Waals surface area (Å²) < 4.78 is 0. The minimum atomic E-state index is -0.675. The highest BCUT2D eigenvalue weighted by Crippen LogP contribution is 2.30. The third-order valence-electron chi connectivity index (χ3n) is 4.80. The van der Waals surface area contributed by atoms with E-state index in [0.29, 0.717) is 17.8 Å². The number of benzene rings is 1. The molecular formula is C17H24N2OS. The van der Waals surface area contributed by atoms with Crippen LogP contribution >= 0.6 is 12.2 Å². The number of hydrogen-bond acceptors (Lipinski definition) is 2. The zero-order valence-corrected chi connectivity index (χ0v) is 13.7. The molecule has 4 heteroatoms. The minimum Gasteiger partial charge on any atom is -0.392 e. The van der Waals surface area contributed by atoms with Crippen LogP contribution in [0.15, 0.2) is 24.3 Å². The summed E-state index contributed by atoms with van der Waals surface area (Å²) in [6.45, 7) is 5.49. The van der Waals surface area contributed by atoms with E-state index in [2.05, 4.69) is 24.3 Å². The van der Waals surface area contributed by atoms with Crippen LogP contribution in [0.5, 0.6) is 0 Å². The summed E-state index contributed by atoms with van der Waals surface area (Å²) in [4.78, 5) is 15.3. The smallest absolute Gasteiger partial charge is 0.235 e. The van der Waals surface area contributed by atoms with Crippen molar-refractivity contribution in [2.24, 2.45) is 11.1 Å². The molecule has 0 fully saturated rings. The fraction of sp³-hybridized carbons (Fsp3) is 0.529. The maximum Gasteiger partial charge on any atom is 0.235 e. The molecule has 0 radical (unpaired) electrons. The molecule has 0 saturated heterocycles. The van der Waals surface area contributed by atoms with Crippen LogP contribution in [0.1, 0.15) is 37.8 Å². The minimum absolute atomic E-state index is 0.104. The molecule has 2 rings (SSSR count). The molecule has 0 spiro atoms. The van der Waals surface area contributed by atoms with Crippen LogP contribution in [-0.4, -0.2) is 28.9 Å². The second-order valence-electron chi connectivity index (χ2n) is 5.71. The van der Waals surface area contributed by atoms with E-state index in [1.807, 2.05) is 18.7 Å². The van der Waals surface area contributed by atoms with Crippen LogP contribution < -0.4 is 5.73 Å². The van der Waals surface area contributed by atoms with Crippen molar-refractivity contribution < 1.29 is 4.79 Å². The van der Waals surface area contributed by atoms with Gasteiger partial charge in [-0.05, 0) is 36.8 Å². The van der Waals surface area contributed by atoms with Gasteiger partial charge < -0.3 is 10.6 Å². The number of nitrogens with two attached hydrogens (primary N) is 1. The lowest BCUT2D eigenvalue weighted by Crippen LogP contribution is -2.50. The van der Waals surface area contributed by atoms with Gasteiger partial charge in [-0.2, -0.15) is 0 Å². The SMILES string of the molecule is CCC(CC)(C(=O)N1CCc2ccccc2CC1)C(N)=S. The number of thiocarbonyl (C=S) groups is 1. The molecule has 0 atom stereocenters. The number of carbonyl (C=O) groups is 1. The van der Waals surface area contributed by atoms with Crippen LogP contribution in [0, 0.1) is 5.41 Å². The van der Waals surface area contributed by atoms with Crippen LogP contribution in [0.3, 0.4) is 0 Å². The standard InChI is InChI=1S/C17H24N2OS/c1-3-17(4-2,15(18)21)16(20)19-11-9-13-7-5-6-8-14(13)10-12-19/h5-8H,3-4,9-12H2,1-2H3,(H2,18,21). The quantitative estimate of drug-likeness (QED) is 0.870. The van der Waals surface area contributed by atoms with Crippen LogP contribution in [-0.2, 0) is 17.6 Å². The largest absolute Gasteiger partial charge is 0.392 e. The number of hydrogen-bond donors (Lipinski definition) is 1. The fourth-order valence-corrected chi connectivity index (χ4v) is 3.56. The van der Waals surface area contributed by atoms with Gasteiger partial charge in [0.1, 0.15) is 0 Å². The number of fused-ring (bicyclic) bond motifs is 1. The first-order valence-corrected chi connectivity index (χ1v) is 8.12. The molecule has 1 aliphatic rings. The third-order valence-corrected chi connectivity index (χ3v) is 5.19. The summed E-state index contributed by atoms with van der Waals surface area (Å²) in [6, 6.07) is 8.44. The molecule has 0 saturated carbocycles. The highest BCUT2D eigenvalue weighted by Gasteiger charge is 2.41. The summed E-state index contributed by atoms with van der Waals surface area (Å²) in [7, 11) is 0. The lowest BCUT2D eigenvalue weighted by molar-refractivity contribution is -0.138. The Bertz CT molecular complexity index is 510. The van der Waals surface area contributed by atoms with Gasteiger partial charge in [-0.3, -0.25) is 4.79 Å². The molecule has 0 aliphatic carbocycles. The topological polar surface area (TPSA) is 46.3 Å². The van der Waals surface area contributed by atoms with Crippen LogP contribution in [0.4, 0.5) is 0 Å². The Morgan fingerprint density at radius 3 is 2.05 bits per heavy atom. The van der Waals surface area contributed by atoms with E-state index in [0.717, 1.165) is 25.9 Å². The van der Waals surface area contributed by atoms with Gasteiger partial charge in [0.2, 0.25) is 5.91 Å². The summed E-state index contributed by atoms with van der Waals surface area (Å²) in [5.41, 5.74) is 7.93. The Kier molecular flexibility index (Phi) is 4.99. The maximum absolute atomic E-state index is 13.0. The van der Waals surface area contributed by atoms with Crippen LogP contribution in [0.25, 0.3) is 0 Å². The van der Waals surface area contributed by atoms with E-state index in [1.54, 1.807) is 0 Å². The highest BCUT2D eigenvalue weighted by atomic mass is 32.1. The Morgan fingerprint density at radius 1 is 1.19 bits per heavy atom. The Labute approximate surface area is 132 Å². The van der Waals surface area contributed by atoms with Gasteiger partial charge in [0.05, 0.1) is 10.4 Å². The third kappa shape index (κ3) is 2.95. The van der Waals surface area contributed by atoms with Crippen molar-refractivity contribution in [3.05, 3.63) is 35.4 Å². The predicted molar refractivity (Wildman–Crippen MR) is 90.2 cm³/mol. The predicted octanol–water partition coefficient (Wildman–Crippen LogP) is 2.71. The van der Waals surface area contributed by atoms with Gasteiger partial charge in [0, 0.05) is 13.1 Å². The summed E-state index contributed by atoms with van der Waals surface area (Å²) in [5, 5.41) is 0. The molecule has 21 heavy (non-hydrogen) atoms. The van der Waals surface area contributed by atoms with Crippen molar-refractivity contribution in [1.82, 2.24) is 4.90 Å². The molecule has 3 nitrogen and oxygen atoms in total. The molecule has 0 unspecified atom stereocenters. The zero-order valence-electron chi connectivity index (χ0n) is 12.9. The second kappa shape index (κ2) is 6.56. The van der Waals surface area contributed by atoms with Crippen molar-refractivity contribution in [3.63, 3.8) is 0 Å². The number of carbonyl (C=O) groups excluding carboxylic acids is 1. The maximum atomic E-state index is 13.0. The number of rotatable bonds is 4. The molecule has 0 bridgehead atoms. The molecule has 0 aromatic heterocycles. The van der Waals surface area contributed by atoms with Crippen molar-refractivity contribution in [1.29, 1.82) is 0 Å². The summed E-state index contributed by atoms with van der Waals surface area (Å²) in [5.74, 6) is 0.104. The molecular weight excluding hydrogens is 280 g/mol.